The van der Waals surface area contributed by atoms with Gasteiger partial charge >= 0.3 is 0 Å². The van der Waals surface area contributed by atoms with E-state index in [0.29, 0.717) is 18.7 Å². The van der Waals surface area contributed by atoms with Crippen LogP contribution in [0.3, 0.4) is 0 Å². The largest absolute Gasteiger partial charge is 0.345 e. The topological polar surface area (TPSA) is 85.8 Å². The highest BCUT2D eigenvalue weighted by atomic mass is 16.1. The number of hydrogen-bond acceptors (Lipinski definition) is 4. The number of carbonyl (C=O) groups excluding carboxylic acids is 1. The number of benzene rings is 2. The van der Waals surface area contributed by atoms with Gasteiger partial charge in [-0.15, -0.1) is 10.2 Å². The Morgan fingerprint density at radius 3 is 2.46 bits per heavy atom. The van der Waals surface area contributed by atoms with E-state index >= 15 is 0 Å². The molecule has 1 aromatic heterocycles. The zero-order valence-corrected chi connectivity index (χ0v) is 14.6. The minimum Gasteiger partial charge on any atom is -0.345 e. The molecule has 6 nitrogen and oxygen atoms in total. The number of carbonyl (C=O) groups is 1. The normalized spacial score (nSPS) is 10.7. The molecule has 0 fully saturated rings. The van der Waals surface area contributed by atoms with Gasteiger partial charge in [-0.25, -0.2) is 0 Å². The van der Waals surface area contributed by atoms with E-state index in [-0.39, 0.29) is 5.91 Å². The molecule has 2 aromatic carbocycles. The molecular weight excluding hydrogens is 326 g/mol. The van der Waals surface area contributed by atoms with Crippen LogP contribution in [-0.4, -0.2) is 27.2 Å². The standard InChI is InChI=1S/C20H23N5O/c21-12-10-17-6-8-18(9-7-17)20(26)22-14-19-24-23-15-25(19)13-11-16-4-2-1-3-5-16/h1-9,15H,10-14,21H2,(H,22,26). The zero-order valence-electron chi connectivity index (χ0n) is 14.6. The summed E-state index contributed by atoms with van der Waals surface area (Å²) in [6.45, 7) is 1.72. The average molecular weight is 349 g/mol. The van der Waals surface area contributed by atoms with Crippen LogP contribution in [0.1, 0.15) is 27.3 Å². The summed E-state index contributed by atoms with van der Waals surface area (Å²) < 4.78 is 1.97. The maximum Gasteiger partial charge on any atom is 0.251 e. The fourth-order valence-electron chi connectivity index (χ4n) is 2.75. The first-order valence-corrected chi connectivity index (χ1v) is 8.74. The Morgan fingerprint density at radius 2 is 1.73 bits per heavy atom. The third kappa shape index (κ3) is 4.77. The maximum atomic E-state index is 12.3. The third-order valence-electron chi connectivity index (χ3n) is 4.24. The van der Waals surface area contributed by atoms with Crippen molar-refractivity contribution < 1.29 is 4.79 Å². The van der Waals surface area contributed by atoms with E-state index in [2.05, 4.69) is 27.6 Å². The smallest absolute Gasteiger partial charge is 0.251 e. The van der Waals surface area contributed by atoms with Crippen molar-refractivity contribution in [2.75, 3.05) is 6.54 Å². The van der Waals surface area contributed by atoms with Crippen LogP contribution >= 0.6 is 0 Å². The fraction of sp³-hybridized carbons (Fsp3) is 0.250. The van der Waals surface area contributed by atoms with Crippen LogP contribution in [-0.2, 0) is 25.9 Å². The second kappa shape index (κ2) is 8.92. The lowest BCUT2D eigenvalue weighted by Crippen LogP contribution is -2.25. The first kappa shape index (κ1) is 17.8. The number of nitrogens with two attached hydrogens (primary N) is 1. The van der Waals surface area contributed by atoms with E-state index in [4.69, 9.17) is 5.73 Å². The SMILES string of the molecule is NCCc1ccc(C(=O)NCc2nncn2CCc2ccccc2)cc1. The summed E-state index contributed by atoms with van der Waals surface area (Å²) in [5, 5.41) is 11.0. The van der Waals surface area contributed by atoms with E-state index in [1.807, 2.05) is 47.0 Å². The molecule has 3 N–H and O–H groups in total. The molecule has 0 spiro atoms. The lowest BCUT2D eigenvalue weighted by molar-refractivity contribution is 0.0949. The van der Waals surface area contributed by atoms with Gasteiger partial charge in [0.15, 0.2) is 5.82 Å². The quantitative estimate of drug-likeness (QED) is 0.651. The van der Waals surface area contributed by atoms with E-state index in [9.17, 15) is 4.79 Å². The third-order valence-corrected chi connectivity index (χ3v) is 4.24. The summed E-state index contributed by atoms with van der Waals surface area (Å²) in [4.78, 5) is 12.3. The molecule has 0 saturated carbocycles. The Kier molecular flexibility index (Phi) is 6.11. The van der Waals surface area contributed by atoms with Gasteiger partial charge in [0.25, 0.3) is 5.91 Å². The van der Waals surface area contributed by atoms with Gasteiger partial charge in [-0.05, 0) is 42.6 Å². The van der Waals surface area contributed by atoms with Gasteiger partial charge in [-0.2, -0.15) is 0 Å². The van der Waals surface area contributed by atoms with Crippen LogP contribution in [0.25, 0.3) is 0 Å². The van der Waals surface area contributed by atoms with Crippen LogP contribution in [0.5, 0.6) is 0 Å². The summed E-state index contributed by atoms with van der Waals surface area (Å²) in [7, 11) is 0. The number of amides is 1. The average Bonchev–Trinajstić information content (AvgIpc) is 3.13. The summed E-state index contributed by atoms with van der Waals surface area (Å²) >= 11 is 0. The van der Waals surface area contributed by atoms with Gasteiger partial charge in [-0.3, -0.25) is 4.79 Å². The number of hydrogen-bond donors (Lipinski definition) is 2. The summed E-state index contributed by atoms with van der Waals surface area (Å²) in [5.74, 6) is 0.621. The van der Waals surface area contributed by atoms with Crippen LogP contribution in [0.15, 0.2) is 60.9 Å². The molecule has 134 valence electrons. The van der Waals surface area contributed by atoms with E-state index in [0.717, 1.165) is 30.8 Å². The molecule has 1 heterocycles. The van der Waals surface area contributed by atoms with Crippen molar-refractivity contribution in [3.63, 3.8) is 0 Å². The number of rotatable bonds is 8. The second-order valence-corrected chi connectivity index (χ2v) is 6.09. The Balaban J connectivity index is 1.54. The molecule has 0 bridgehead atoms. The highest BCUT2D eigenvalue weighted by molar-refractivity contribution is 5.94. The van der Waals surface area contributed by atoms with Crippen LogP contribution in [0.2, 0.25) is 0 Å². The van der Waals surface area contributed by atoms with E-state index < -0.39 is 0 Å². The highest BCUT2D eigenvalue weighted by Gasteiger charge is 2.09. The van der Waals surface area contributed by atoms with Crippen LogP contribution in [0, 0.1) is 0 Å². The van der Waals surface area contributed by atoms with Gasteiger partial charge < -0.3 is 15.6 Å². The van der Waals surface area contributed by atoms with Crippen molar-refractivity contribution in [2.24, 2.45) is 5.73 Å². The monoisotopic (exact) mass is 349 g/mol. The predicted octanol–water partition coefficient (Wildman–Crippen LogP) is 1.95. The van der Waals surface area contributed by atoms with Crippen molar-refractivity contribution in [1.82, 2.24) is 20.1 Å². The molecule has 0 aliphatic rings. The summed E-state index contributed by atoms with van der Waals surface area (Å²) in [5.41, 5.74) is 8.56. The van der Waals surface area contributed by atoms with Crippen molar-refractivity contribution in [3.05, 3.63) is 83.4 Å². The van der Waals surface area contributed by atoms with E-state index in [1.54, 1.807) is 6.33 Å². The van der Waals surface area contributed by atoms with Gasteiger partial charge in [0.1, 0.15) is 6.33 Å². The minimum absolute atomic E-state index is 0.123. The Labute approximate surface area is 153 Å². The minimum atomic E-state index is -0.123. The van der Waals surface area contributed by atoms with Crippen molar-refractivity contribution in [3.8, 4) is 0 Å². The first-order chi connectivity index (χ1) is 12.8. The molecule has 3 aromatic rings. The van der Waals surface area contributed by atoms with Gasteiger partial charge in [-0.1, -0.05) is 42.5 Å². The number of aryl methyl sites for hydroxylation is 2. The Bertz CT molecular complexity index is 827. The molecule has 6 heteroatoms. The van der Waals surface area contributed by atoms with Gasteiger partial charge in [0.05, 0.1) is 6.54 Å². The Hall–Kier alpha value is -2.99. The maximum absolute atomic E-state index is 12.3. The molecule has 0 atom stereocenters. The van der Waals surface area contributed by atoms with E-state index in [1.165, 1.54) is 5.56 Å². The van der Waals surface area contributed by atoms with Crippen LogP contribution < -0.4 is 11.1 Å². The summed E-state index contributed by atoms with van der Waals surface area (Å²) in [6.07, 6.45) is 3.40. The summed E-state index contributed by atoms with van der Waals surface area (Å²) in [6, 6.07) is 17.8. The highest BCUT2D eigenvalue weighted by Crippen LogP contribution is 2.06. The lowest BCUT2D eigenvalue weighted by atomic mass is 10.1. The fourth-order valence-corrected chi connectivity index (χ4v) is 2.75. The van der Waals surface area contributed by atoms with Crippen molar-refractivity contribution in [1.29, 1.82) is 0 Å². The molecule has 3 rings (SSSR count). The zero-order chi connectivity index (χ0) is 18.2. The second-order valence-electron chi connectivity index (χ2n) is 6.09. The molecule has 0 aliphatic heterocycles. The first-order valence-electron chi connectivity index (χ1n) is 8.74. The molecule has 0 aliphatic carbocycles. The number of nitrogens with one attached hydrogen (secondary N) is 1. The van der Waals surface area contributed by atoms with Gasteiger partial charge in [0, 0.05) is 12.1 Å². The van der Waals surface area contributed by atoms with Crippen molar-refractivity contribution in [2.45, 2.75) is 25.9 Å². The van der Waals surface area contributed by atoms with Crippen molar-refractivity contribution >= 4 is 5.91 Å². The molecule has 0 unspecified atom stereocenters. The predicted molar refractivity (Wildman–Crippen MR) is 101 cm³/mol. The Morgan fingerprint density at radius 1 is 1.00 bits per heavy atom. The molecule has 1 amide bonds. The van der Waals surface area contributed by atoms with Gasteiger partial charge in [0.2, 0.25) is 0 Å². The number of aromatic nitrogens is 3. The molecule has 0 radical (unpaired) electrons. The lowest BCUT2D eigenvalue weighted by Gasteiger charge is -2.08. The number of nitrogens with zero attached hydrogens (tertiary/aromatic N) is 3. The molecule has 26 heavy (non-hydrogen) atoms. The van der Waals surface area contributed by atoms with Crippen LogP contribution in [0.4, 0.5) is 0 Å². The molecular formula is C20H23N5O. The molecule has 0 saturated heterocycles.